The molecule has 0 amide bonds. The third kappa shape index (κ3) is 5.92. The Labute approximate surface area is 126 Å². The van der Waals surface area contributed by atoms with Crippen molar-refractivity contribution in [2.45, 2.75) is 38.9 Å². The number of benzene rings is 2. The Kier molecular flexibility index (Phi) is 6.17. The monoisotopic (exact) mass is 282 g/mol. The topological polar surface area (TPSA) is 26.3 Å². The number of hydrogen-bond donors (Lipinski definition) is 0. The van der Waals surface area contributed by atoms with E-state index in [0.29, 0.717) is 13.0 Å². The van der Waals surface area contributed by atoms with E-state index in [-0.39, 0.29) is 11.9 Å². The summed E-state index contributed by atoms with van der Waals surface area (Å²) >= 11 is 0. The van der Waals surface area contributed by atoms with Crippen LogP contribution in [0.15, 0.2) is 60.7 Å². The van der Waals surface area contributed by atoms with Crippen LogP contribution in [0.3, 0.4) is 0 Å². The summed E-state index contributed by atoms with van der Waals surface area (Å²) in [7, 11) is 0. The third-order valence-electron chi connectivity index (χ3n) is 3.44. The number of ether oxygens (including phenoxy) is 1. The standard InChI is InChI=1S/C19H22O2/c1-16(20)14-19(13-12-17-8-4-2-5-9-17)21-15-18-10-6-3-7-11-18/h2-11,19H,12-15H2,1H3. The Bertz CT molecular complexity index is 491. The van der Waals surface area contributed by atoms with Gasteiger partial charge in [-0.3, -0.25) is 4.79 Å². The molecule has 1 unspecified atom stereocenters. The fourth-order valence-electron chi connectivity index (χ4n) is 2.33. The molecule has 0 aliphatic carbocycles. The molecular weight excluding hydrogens is 260 g/mol. The molecule has 0 spiro atoms. The summed E-state index contributed by atoms with van der Waals surface area (Å²) in [5.74, 6) is 0.182. The Morgan fingerprint density at radius 2 is 1.52 bits per heavy atom. The molecule has 2 rings (SSSR count). The molecule has 0 heterocycles. The molecule has 2 nitrogen and oxygen atoms in total. The van der Waals surface area contributed by atoms with E-state index in [0.717, 1.165) is 18.4 Å². The second kappa shape index (κ2) is 8.38. The van der Waals surface area contributed by atoms with Crippen LogP contribution >= 0.6 is 0 Å². The molecule has 2 aromatic carbocycles. The molecule has 0 N–H and O–H groups in total. The largest absolute Gasteiger partial charge is 0.373 e. The Morgan fingerprint density at radius 3 is 2.10 bits per heavy atom. The van der Waals surface area contributed by atoms with Crippen molar-refractivity contribution in [1.82, 2.24) is 0 Å². The van der Waals surface area contributed by atoms with E-state index in [1.807, 2.05) is 48.5 Å². The summed E-state index contributed by atoms with van der Waals surface area (Å²) in [4.78, 5) is 11.4. The van der Waals surface area contributed by atoms with Crippen molar-refractivity contribution in [3.8, 4) is 0 Å². The molecule has 21 heavy (non-hydrogen) atoms. The van der Waals surface area contributed by atoms with Crippen LogP contribution in [0.4, 0.5) is 0 Å². The molecule has 0 bridgehead atoms. The highest BCUT2D eigenvalue weighted by Gasteiger charge is 2.12. The Hall–Kier alpha value is -1.93. The zero-order chi connectivity index (χ0) is 14.9. The van der Waals surface area contributed by atoms with Crippen LogP contribution < -0.4 is 0 Å². The SMILES string of the molecule is CC(=O)CC(CCc1ccccc1)OCc1ccccc1. The number of ketones is 1. The van der Waals surface area contributed by atoms with Crippen molar-refractivity contribution in [3.05, 3.63) is 71.8 Å². The minimum absolute atomic E-state index is 0.0112. The highest BCUT2D eigenvalue weighted by atomic mass is 16.5. The van der Waals surface area contributed by atoms with Crippen LogP contribution in [0.1, 0.15) is 30.9 Å². The fraction of sp³-hybridized carbons (Fsp3) is 0.316. The Morgan fingerprint density at radius 1 is 0.952 bits per heavy atom. The maximum Gasteiger partial charge on any atom is 0.132 e. The first kappa shape index (κ1) is 15.5. The highest BCUT2D eigenvalue weighted by molar-refractivity contribution is 5.75. The van der Waals surface area contributed by atoms with Gasteiger partial charge in [-0.15, -0.1) is 0 Å². The van der Waals surface area contributed by atoms with E-state index >= 15 is 0 Å². The normalized spacial score (nSPS) is 12.0. The van der Waals surface area contributed by atoms with Gasteiger partial charge < -0.3 is 4.74 Å². The molecule has 0 aliphatic heterocycles. The lowest BCUT2D eigenvalue weighted by Crippen LogP contribution is -2.17. The van der Waals surface area contributed by atoms with E-state index in [2.05, 4.69) is 12.1 Å². The number of carbonyl (C=O) groups is 1. The Balaban J connectivity index is 1.87. The van der Waals surface area contributed by atoms with Crippen molar-refractivity contribution >= 4 is 5.78 Å². The molecule has 110 valence electrons. The molecule has 2 heteroatoms. The fourth-order valence-corrected chi connectivity index (χ4v) is 2.33. The molecular formula is C19H22O2. The molecule has 0 saturated carbocycles. The second-order valence-corrected chi connectivity index (χ2v) is 5.35. The summed E-state index contributed by atoms with van der Waals surface area (Å²) in [5.41, 5.74) is 2.43. The number of hydrogen-bond acceptors (Lipinski definition) is 2. The molecule has 0 aromatic heterocycles. The lowest BCUT2D eigenvalue weighted by Gasteiger charge is -2.17. The first-order valence-electron chi connectivity index (χ1n) is 7.43. The van der Waals surface area contributed by atoms with Crippen molar-refractivity contribution in [3.63, 3.8) is 0 Å². The smallest absolute Gasteiger partial charge is 0.132 e. The van der Waals surface area contributed by atoms with Gasteiger partial charge in [0.15, 0.2) is 0 Å². The van der Waals surface area contributed by atoms with E-state index in [1.165, 1.54) is 5.56 Å². The van der Waals surface area contributed by atoms with Gasteiger partial charge in [-0.05, 0) is 30.9 Å². The maximum absolute atomic E-state index is 11.4. The van der Waals surface area contributed by atoms with Crippen LogP contribution in [-0.4, -0.2) is 11.9 Å². The van der Waals surface area contributed by atoms with Gasteiger partial charge in [0.2, 0.25) is 0 Å². The van der Waals surface area contributed by atoms with Crippen LogP contribution in [0.2, 0.25) is 0 Å². The van der Waals surface area contributed by atoms with Gasteiger partial charge in [0, 0.05) is 6.42 Å². The third-order valence-corrected chi connectivity index (χ3v) is 3.44. The lowest BCUT2D eigenvalue weighted by atomic mass is 10.0. The van der Waals surface area contributed by atoms with Crippen LogP contribution in [-0.2, 0) is 22.6 Å². The van der Waals surface area contributed by atoms with E-state index in [1.54, 1.807) is 6.92 Å². The van der Waals surface area contributed by atoms with Gasteiger partial charge >= 0.3 is 0 Å². The van der Waals surface area contributed by atoms with Crippen molar-refractivity contribution in [2.24, 2.45) is 0 Å². The van der Waals surface area contributed by atoms with Crippen LogP contribution in [0.5, 0.6) is 0 Å². The number of rotatable bonds is 8. The predicted octanol–water partition coefficient (Wildman–Crippen LogP) is 4.18. The summed E-state index contributed by atoms with van der Waals surface area (Å²) in [6.45, 7) is 2.19. The predicted molar refractivity (Wildman–Crippen MR) is 85.1 cm³/mol. The van der Waals surface area contributed by atoms with E-state index in [4.69, 9.17) is 4.74 Å². The van der Waals surface area contributed by atoms with Crippen LogP contribution in [0, 0.1) is 0 Å². The van der Waals surface area contributed by atoms with Crippen molar-refractivity contribution in [2.75, 3.05) is 0 Å². The lowest BCUT2D eigenvalue weighted by molar-refractivity contribution is -0.120. The maximum atomic E-state index is 11.4. The summed E-state index contributed by atoms with van der Waals surface area (Å²) < 4.78 is 5.94. The highest BCUT2D eigenvalue weighted by Crippen LogP contribution is 2.13. The molecule has 0 fully saturated rings. The number of aryl methyl sites for hydroxylation is 1. The minimum atomic E-state index is -0.0112. The second-order valence-electron chi connectivity index (χ2n) is 5.35. The van der Waals surface area contributed by atoms with Crippen LogP contribution in [0.25, 0.3) is 0 Å². The number of carbonyl (C=O) groups excluding carboxylic acids is 1. The zero-order valence-corrected chi connectivity index (χ0v) is 12.5. The van der Waals surface area contributed by atoms with E-state index in [9.17, 15) is 4.79 Å². The summed E-state index contributed by atoms with van der Waals surface area (Å²) in [5, 5.41) is 0. The summed E-state index contributed by atoms with van der Waals surface area (Å²) in [6.07, 6.45) is 2.28. The molecule has 1 atom stereocenters. The van der Waals surface area contributed by atoms with Gasteiger partial charge in [-0.2, -0.15) is 0 Å². The van der Waals surface area contributed by atoms with Gasteiger partial charge in [-0.1, -0.05) is 60.7 Å². The number of Topliss-reactive ketones (excluding diaryl/α,β-unsaturated/α-hetero) is 1. The minimum Gasteiger partial charge on any atom is -0.373 e. The average molecular weight is 282 g/mol. The quantitative estimate of drug-likeness (QED) is 0.726. The molecule has 0 radical (unpaired) electrons. The van der Waals surface area contributed by atoms with Gasteiger partial charge in [0.05, 0.1) is 12.7 Å². The average Bonchev–Trinajstić information content (AvgIpc) is 2.51. The van der Waals surface area contributed by atoms with Gasteiger partial charge in [0.1, 0.15) is 5.78 Å². The first-order valence-corrected chi connectivity index (χ1v) is 7.43. The van der Waals surface area contributed by atoms with E-state index < -0.39 is 0 Å². The van der Waals surface area contributed by atoms with Gasteiger partial charge in [-0.25, -0.2) is 0 Å². The molecule has 2 aromatic rings. The zero-order valence-electron chi connectivity index (χ0n) is 12.5. The molecule has 0 aliphatic rings. The van der Waals surface area contributed by atoms with Crippen molar-refractivity contribution < 1.29 is 9.53 Å². The molecule has 0 saturated heterocycles. The van der Waals surface area contributed by atoms with Gasteiger partial charge in [0.25, 0.3) is 0 Å². The first-order chi connectivity index (χ1) is 10.2. The summed E-state index contributed by atoms with van der Waals surface area (Å²) in [6, 6.07) is 20.4. The van der Waals surface area contributed by atoms with Crippen molar-refractivity contribution in [1.29, 1.82) is 0 Å².